The number of rotatable bonds is 17. The van der Waals surface area contributed by atoms with E-state index in [0.717, 1.165) is 107 Å². The van der Waals surface area contributed by atoms with Crippen LogP contribution in [0.15, 0.2) is 42.5 Å². The van der Waals surface area contributed by atoms with Crippen LogP contribution < -0.4 is 24.4 Å². The van der Waals surface area contributed by atoms with Crippen molar-refractivity contribution in [3.05, 3.63) is 70.9 Å². The van der Waals surface area contributed by atoms with Crippen LogP contribution in [0.1, 0.15) is 120 Å². The highest BCUT2D eigenvalue weighted by Crippen LogP contribution is 2.49. The van der Waals surface area contributed by atoms with Crippen molar-refractivity contribution in [1.82, 2.24) is 39.8 Å². The minimum atomic E-state index is -1.00. The van der Waals surface area contributed by atoms with E-state index in [9.17, 15) is 14.7 Å². The standard InChI is InChI=1S/C59H71F2N9O7/c1-5-40-45(60)14-10-37-28-39(76-34-74-4)29-44(47(37)40)51-49(61)52-48(56(63-51)77-38-11-12-38)54(70-23-7-20-58(2,73)31-70)65-57(64-52)75-33-59(21-22-59)32-69-24-16-35(17-25-69)30-68-26-18-36(19-27-68)41-8-6-9-42-50(66-67(3)53(41)42)43-13-15-46(71)62-55(43)72/h6,8-10,14,28-29,35-36,38,43,73H,5,7,11-13,15-27,30-34H2,1-4H3,(H,62,71,72)/t43?,58-/m1/s1. The van der Waals surface area contributed by atoms with Crippen LogP contribution in [0.5, 0.6) is 17.6 Å². The highest BCUT2D eigenvalue weighted by molar-refractivity contribution is 6.04. The number of hydrogen-bond donors (Lipinski definition) is 2. The smallest absolute Gasteiger partial charge is 0.319 e. The third kappa shape index (κ3) is 10.5. The second-order valence-electron chi connectivity index (χ2n) is 23.3. The summed E-state index contributed by atoms with van der Waals surface area (Å²) < 4.78 is 59.8. The molecule has 4 saturated heterocycles. The van der Waals surface area contributed by atoms with E-state index in [2.05, 4.69) is 33.3 Å². The van der Waals surface area contributed by atoms with Gasteiger partial charge in [0.2, 0.25) is 17.7 Å². The van der Waals surface area contributed by atoms with Crippen LogP contribution in [0.4, 0.5) is 14.6 Å². The lowest BCUT2D eigenvalue weighted by Crippen LogP contribution is -2.46. The van der Waals surface area contributed by atoms with Gasteiger partial charge in [0.05, 0.1) is 29.3 Å². The lowest BCUT2D eigenvalue weighted by molar-refractivity contribution is -0.134. The van der Waals surface area contributed by atoms with Gasteiger partial charge in [0, 0.05) is 63.1 Å². The van der Waals surface area contributed by atoms with Crippen molar-refractivity contribution < 1.29 is 42.4 Å². The molecule has 18 heteroatoms. The molecule has 2 amide bonds. The molecule has 7 heterocycles. The molecule has 2 saturated carbocycles. The van der Waals surface area contributed by atoms with Gasteiger partial charge in [-0.25, -0.2) is 13.8 Å². The number of amides is 2. The fourth-order valence-electron chi connectivity index (χ4n) is 12.9. The number of pyridine rings is 1. The Bertz CT molecular complexity index is 3230. The maximum Gasteiger partial charge on any atom is 0.319 e. The Balaban J connectivity index is 0.744. The average molecular weight is 1060 g/mol. The van der Waals surface area contributed by atoms with Crippen LogP contribution >= 0.6 is 0 Å². The van der Waals surface area contributed by atoms with Gasteiger partial charge in [0.15, 0.2) is 12.6 Å². The molecule has 4 aliphatic heterocycles. The van der Waals surface area contributed by atoms with Crippen LogP contribution in [-0.4, -0.2) is 136 Å². The number of benzene rings is 3. The van der Waals surface area contributed by atoms with E-state index >= 15 is 8.78 Å². The second-order valence-corrected chi connectivity index (χ2v) is 23.3. The predicted octanol–water partition coefficient (Wildman–Crippen LogP) is 8.72. The first-order valence-electron chi connectivity index (χ1n) is 28.0. The molecule has 0 spiro atoms. The van der Waals surface area contributed by atoms with Crippen LogP contribution in [0.2, 0.25) is 0 Å². The van der Waals surface area contributed by atoms with Crippen molar-refractivity contribution in [1.29, 1.82) is 0 Å². The summed E-state index contributed by atoms with van der Waals surface area (Å²) in [5.74, 6) is 0.0376. The fraction of sp³-hybridized carbons (Fsp3) is 0.559. The Kier molecular flexibility index (Phi) is 14.1. The molecule has 3 aromatic carbocycles. The number of carbonyl (C=O) groups excluding carboxylic acids is 2. The van der Waals surface area contributed by atoms with E-state index in [4.69, 9.17) is 39.0 Å². The van der Waals surface area contributed by atoms with E-state index in [1.54, 1.807) is 18.2 Å². The summed E-state index contributed by atoms with van der Waals surface area (Å²) in [6, 6.07) is 13.0. The molecular formula is C59H71F2N9O7. The largest absolute Gasteiger partial charge is 0.474 e. The van der Waals surface area contributed by atoms with Gasteiger partial charge >= 0.3 is 6.01 Å². The van der Waals surface area contributed by atoms with E-state index in [1.807, 2.05) is 30.5 Å². The summed E-state index contributed by atoms with van der Waals surface area (Å²) in [6.07, 6.45) is 10.4. The molecule has 77 heavy (non-hydrogen) atoms. The average Bonchev–Trinajstić information content (AvgIpc) is 4.43. The van der Waals surface area contributed by atoms with Crippen LogP contribution in [0.25, 0.3) is 43.8 Å². The predicted molar refractivity (Wildman–Crippen MR) is 288 cm³/mol. The number of piperidine rings is 4. The van der Waals surface area contributed by atoms with Gasteiger partial charge in [0.1, 0.15) is 40.1 Å². The zero-order valence-corrected chi connectivity index (χ0v) is 44.8. The number of aryl methyl sites for hydroxylation is 2. The summed E-state index contributed by atoms with van der Waals surface area (Å²) in [6.45, 7) is 11.0. The Labute approximate surface area is 447 Å². The number of aromatic nitrogens is 5. The third-order valence-electron chi connectivity index (χ3n) is 17.4. The number of nitrogens with one attached hydrogen (secondary N) is 1. The number of likely N-dealkylation sites (tertiary alicyclic amines) is 2. The number of carbonyl (C=O) groups is 2. The highest BCUT2D eigenvalue weighted by Gasteiger charge is 2.46. The van der Waals surface area contributed by atoms with Gasteiger partial charge in [-0.05, 0) is 162 Å². The number of aliphatic hydroxyl groups is 1. The van der Waals surface area contributed by atoms with Gasteiger partial charge in [-0.3, -0.25) is 19.6 Å². The molecule has 16 nitrogen and oxygen atoms in total. The van der Waals surface area contributed by atoms with Crippen LogP contribution in [-0.2, 0) is 27.8 Å². The number of imide groups is 1. The number of methoxy groups -OCH3 is 1. The molecule has 2 aliphatic carbocycles. The molecule has 6 aromatic rings. The first kappa shape index (κ1) is 51.7. The number of fused-ring (bicyclic) bond motifs is 3. The number of β-amino-alcohol motifs (C(OH)–C–C–N with tert-alkyl or cyclic N) is 1. The number of anilines is 1. The number of ether oxygens (including phenoxy) is 4. The van der Waals surface area contributed by atoms with Gasteiger partial charge in [-0.15, -0.1) is 0 Å². The molecule has 0 bridgehead atoms. The van der Waals surface area contributed by atoms with Gasteiger partial charge in [-0.2, -0.15) is 15.1 Å². The topological polar surface area (TPSA) is 170 Å². The van der Waals surface area contributed by atoms with Crippen molar-refractivity contribution in [3.8, 4) is 28.9 Å². The minimum Gasteiger partial charge on any atom is -0.474 e. The first-order chi connectivity index (χ1) is 37.3. The molecule has 0 radical (unpaired) electrons. The number of hydrogen-bond acceptors (Lipinski definition) is 14. The number of nitrogens with zero attached hydrogens (tertiary/aromatic N) is 8. The second kappa shape index (κ2) is 20.9. The maximum atomic E-state index is 17.9. The van der Waals surface area contributed by atoms with E-state index in [1.165, 1.54) is 18.7 Å². The number of para-hydroxylation sites is 1. The third-order valence-corrected chi connectivity index (χ3v) is 17.4. The Hall–Kier alpha value is -6.08. The Morgan fingerprint density at radius 3 is 2.40 bits per heavy atom. The molecule has 6 aliphatic rings. The summed E-state index contributed by atoms with van der Waals surface area (Å²) in [4.78, 5) is 46.7. The monoisotopic (exact) mass is 1060 g/mol. The zero-order chi connectivity index (χ0) is 53.2. The maximum absolute atomic E-state index is 17.9. The van der Waals surface area contributed by atoms with Crippen molar-refractivity contribution in [2.24, 2.45) is 18.4 Å². The van der Waals surface area contributed by atoms with Crippen molar-refractivity contribution in [3.63, 3.8) is 0 Å². The fourth-order valence-corrected chi connectivity index (χ4v) is 12.9. The first-order valence-corrected chi connectivity index (χ1v) is 28.0. The van der Waals surface area contributed by atoms with E-state index < -0.39 is 23.2 Å². The normalized spacial score (nSPS) is 22.8. The summed E-state index contributed by atoms with van der Waals surface area (Å²) in [5.41, 5.74) is 2.80. The Morgan fingerprint density at radius 2 is 1.68 bits per heavy atom. The van der Waals surface area contributed by atoms with Crippen molar-refractivity contribution in [2.75, 3.05) is 77.8 Å². The molecule has 6 fully saturated rings. The van der Waals surface area contributed by atoms with Crippen molar-refractivity contribution in [2.45, 2.75) is 121 Å². The van der Waals surface area contributed by atoms with Gasteiger partial charge < -0.3 is 38.8 Å². The molecular weight excluding hydrogens is 985 g/mol. The molecule has 408 valence electrons. The molecule has 2 atom stereocenters. The lowest BCUT2D eigenvalue weighted by Gasteiger charge is -2.39. The van der Waals surface area contributed by atoms with Gasteiger partial charge in [0.25, 0.3) is 0 Å². The summed E-state index contributed by atoms with van der Waals surface area (Å²) >= 11 is 0. The quantitative estimate of drug-likeness (QED) is 0.0657. The summed E-state index contributed by atoms with van der Waals surface area (Å²) in [7, 11) is 3.49. The zero-order valence-electron chi connectivity index (χ0n) is 44.8. The van der Waals surface area contributed by atoms with E-state index in [0.29, 0.717) is 95.9 Å². The van der Waals surface area contributed by atoms with Gasteiger partial charge in [-0.1, -0.05) is 31.2 Å². The minimum absolute atomic E-state index is 0.00998. The Morgan fingerprint density at radius 1 is 0.883 bits per heavy atom. The molecule has 12 rings (SSSR count). The SMILES string of the molecule is CCc1c(F)ccc2cc(OCOC)cc(-c3nc(OC4CC4)c4c(N5CCC[C@@](C)(O)C5)nc(OCC5(CN6CCC(CN7CCC(c8cccc9c(C%10CCC(=O)NC%10=O)nn(C)c89)CC7)CC6)CC5)nc4c3F)c12. The van der Waals surface area contributed by atoms with Crippen LogP contribution in [0, 0.1) is 23.0 Å². The molecule has 2 N–H and O–H groups in total. The van der Waals surface area contributed by atoms with Crippen LogP contribution in [0.3, 0.4) is 0 Å². The summed E-state index contributed by atoms with van der Waals surface area (Å²) in [5, 5.41) is 21.2. The number of halogens is 2. The van der Waals surface area contributed by atoms with Crippen molar-refractivity contribution >= 4 is 50.2 Å². The van der Waals surface area contributed by atoms with E-state index in [-0.39, 0.29) is 59.8 Å². The highest BCUT2D eigenvalue weighted by atomic mass is 19.1. The lowest BCUT2D eigenvalue weighted by atomic mass is 9.86. The molecule has 3 aromatic heterocycles. The molecule has 1 unspecified atom stereocenters.